The van der Waals surface area contributed by atoms with E-state index in [-0.39, 0.29) is 6.04 Å². The second-order valence-electron chi connectivity index (χ2n) is 3.39. The number of thiophene rings is 1. The standard InChI is InChI=1S/C11H11BrClNOS/c1-14-8(9-3-4-10(12)15-9)6-7-2-5-11(13)16-7/h2-5,8,14H,6H2,1H3. The molecule has 0 bridgehead atoms. The molecule has 86 valence electrons. The van der Waals surface area contributed by atoms with Gasteiger partial charge in [0, 0.05) is 11.3 Å². The zero-order chi connectivity index (χ0) is 11.5. The van der Waals surface area contributed by atoms with E-state index in [0.29, 0.717) is 0 Å². The van der Waals surface area contributed by atoms with Crippen molar-refractivity contribution < 1.29 is 4.42 Å². The highest BCUT2D eigenvalue weighted by molar-refractivity contribution is 9.10. The minimum atomic E-state index is 0.181. The molecule has 0 spiro atoms. The zero-order valence-electron chi connectivity index (χ0n) is 8.67. The Morgan fingerprint density at radius 3 is 2.75 bits per heavy atom. The first-order valence-corrected chi connectivity index (χ1v) is 6.84. The van der Waals surface area contributed by atoms with E-state index >= 15 is 0 Å². The molecule has 0 saturated carbocycles. The maximum Gasteiger partial charge on any atom is 0.169 e. The van der Waals surface area contributed by atoms with Crippen LogP contribution in [0.25, 0.3) is 0 Å². The van der Waals surface area contributed by atoms with Crippen LogP contribution in [0.2, 0.25) is 4.34 Å². The Labute approximate surface area is 112 Å². The molecule has 2 nitrogen and oxygen atoms in total. The molecule has 0 saturated heterocycles. The second-order valence-corrected chi connectivity index (χ2v) is 5.97. The molecular weight excluding hydrogens is 310 g/mol. The van der Waals surface area contributed by atoms with Crippen molar-refractivity contribution in [3.05, 3.63) is 43.9 Å². The molecule has 1 unspecified atom stereocenters. The van der Waals surface area contributed by atoms with Crippen LogP contribution in [0.5, 0.6) is 0 Å². The Kier molecular flexibility index (Phi) is 4.08. The Morgan fingerprint density at radius 1 is 1.44 bits per heavy atom. The third-order valence-corrected chi connectivity index (χ3v) is 4.00. The number of furan rings is 1. The highest BCUT2D eigenvalue weighted by atomic mass is 79.9. The highest BCUT2D eigenvalue weighted by Crippen LogP contribution is 2.28. The first-order chi connectivity index (χ1) is 7.69. The van der Waals surface area contributed by atoms with Crippen LogP contribution in [-0.2, 0) is 6.42 Å². The normalized spacial score (nSPS) is 12.9. The summed E-state index contributed by atoms with van der Waals surface area (Å²) in [6, 6.07) is 8.03. The maximum absolute atomic E-state index is 5.90. The van der Waals surface area contributed by atoms with Gasteiger partial charge in [-0.3, -0.25) is 0 Å². The molecule has 0 aliphatic carbocycles. The molecule has 0 fully saturated rings. The molecule has 1 N–H and O–H groups in total. The quantitative estimate of drug-likeness (QED) is 0.910. The summed E-state index contributed by atoms with van der Waals surface area (Å²) in [5.41, 5.74) is 0. The molecule has 2 rings (SSSR count). The predicted molar refractivity (Wildman–Crippen MR) is 71.2 cm³/mol. The molecule has 5 heteroatoms. The number of halogens is 2. The maximum atomic E-state index is 5.90. The largest absolute Gasteiger partial charge is 0.453 e. The van der Waals surface area contributed by atoms with Gasteiger partial charge < -0.3 is 9.73 Å². The summed E-state index contributed by atoms with van der Waals surface area (Å²) in [7, 11) is 1.93. The van der Waals surface area contributed by atoms with Gasteiger partial charge in [0.25, 0.3) is 0 Å². The van der Waals surface area contributed by atoms with Crippen LogP contribution in [0.3, 0.4) is 0 Å². The number of nitrogens with one attached hydrogen (secondary N) is 1. The van der Waals surface area contributed by atoms with Gasteiger partial charge in [0.1, 0.15) is 5.76 Å². The molecule has 0 aromatic carbocycles. The minimum absolute atomic E-state index is 0.181. The Balaban J connectivity index is 2.12. The first-order valence-electron chi connectivity index (χ1n) is 4.85. The fraction of sp³-hybridized carbons (Fsp3) is 0.273. The fourth-order valence-corrected chi connectivity index (χ4v) is 2.98. The molecular formula is C11H11BrClNOS. The van der Waals surface area contributed by atoms with Crippen molar-refractivity contribution in [1.29, 1.82) is 0 Å². The van der Waals surface area contributed by atoms with Crippen LogP contribution >= 0.6 is 38.9 Å². The molecule has 0 amide bonds. The van der Waals surface area contributed by atoms with Crippen LogP contribution < -0.4 is 5.32 Å². The van der Waals surface area contributed by atoms with E-state index in [1.807, 2.05) is 25.2 Å². The number of hydrogen-bond donors (Lipinski definition) is 1. The van der Waals surface area contributed by atoms with E-state index in [4.69, 9.17) is 16.0 Å². The average Bonchev–Trinajstić information content (AvgIpc) is 2.84. The van der Waals surface area contributed by atoms with Gasteiger partial charge in [-0.1, -0.05) is 11.6 Å². The highest BCUT2D eigenvalue weighted by Gasteiger charge is 2.14. The molecule has 0 aliphatic heterocycles. The first kappa shape index (κ1) is 12.2. The minimum Gasteiger partial charge on any atom is -0.453 e. The van der Waals surface area contributed by atoms with Crippen LogP contribution in [-0.4, -0.2) is 7.05 Å². The van der Waals surface area contributed by atoms with Crippen molar-refractivity contribution in [2.24, 2.45) is 0 Å². The van der Waals surface area contributed by atoms with E-state index in [1.54, 1.807) is 11.3 Å². The monoisotopic (exact) mass is 319 g/mol. The zero-order valence-corrected chi connectivity index (χ0v) is 11.8. The summed E-state index contributed by atoms with van der Waals surface area (Å²) < 4.78 is 7.12. The van der Waals surface area contributed by atoms with E-state index in [2.05, 4.69) is 27.3 Å². The number of likely N-dealkylation sites (N-methyl/N-ethyl adjacent to an activating group) is 1. The smallest absolute Gasteiger partial charge is 0.169 e. The summed E-state index contributed by atoms with van der Waals surface area (Å²) in [6.07, 6.45) is 0.883. The molecule has 16 heavy (non-hydrogen) atoms. The molecule has 2 aromatic heterocycles. The molecule has 1 atom stereocenters. The topological polar surface area (TPSA) is 25.2 Å². The Bertz CT molecular complexity index is 468. The summed E-state index contributed by atoms with van der Waals surface area (Å²) in [5, 5.41) is 3.24. The molecule has 0 radical (unpaired) electrons. The summed E-state index contributed by atoms with van der Waals surface area (Å²) in [6.45, 7) is 0. The Morgan fingerprint density at radius 2 is 2.25 bits per heavy atom. The average molecular weight is 321 g/mol. The lowest BCUT2D eigenvalue weighted by Crippen LogP contribution is -2.17. The van der Waals surface area contributed by atoms with Gasteiger partial charge >= 0.3 is 0 Å². The van der Waals surface area contributed by atoms with Crippen LogP contribution in [0, 0.1) is 0 Å². The van der Waals surface area contributed by atoms with E-state index < -0.39 is 0 Å². The van der Waals surface area contributed by atoms with Crippen LogP contribution in [0.15, 0.2) is 33.4 Å². The predicted octanol–water partition coefficient (Wildman–Crippen LogP) is 4.26. The fourth-order valence-electron chi connectivity index (χ4n) is 1.52. The molecule has 0 aliphatic rings. The summed E-state index contributed by atoms with van der Waals surface area (Å²) in [5.74, 6) is 0.930. The van der Waals surface area contributed by atoms with E-state index in [1.165, 1.54) is 4.88 Å². The van der Waals surface area contributed by atoms with Crippen LogP contribution in [0.1, 0.15) is 16.7 Å². The SMILES string of the molecule is CNC(Cc1ccc(Cl)s1)c1ccc(Br)o1. The van der Waals surface area contributed by atoms with Crippen molar-refractivity contribution in [3.63, 3.8) is 0 Å². The summed E-state index contributed by atoms with van der Waals surface area (Å²) >= 11 is 10.8. The van der Waals surface area contributed by atoms with Gasteiger partial charge in [0.15, 0.2) is 4.67 Å². The molecule has 2 aromatic rings. The number of hydrogen-bond acceptors (Lipinski definition) is 3. The van der Waals surface area contributed by atoms with Crippen molar-refractivity contribution in [3.8, 4) is 0 Å². The molecule has 2 heterocycles. The lowest BCUT2D eigenvalue weighted by Gasteiger charge is -2.11. The lowest BCUT2D eigenvalue weighted by atomic mass is 10.1. The van der Waals surface area contributed by atoms with Gasteiger partial charge in [-0.15, -0.1) is 11.3 Å². The van der Waals surface area contributed by atoms with Crippen molar-refractivity contribution in [1.82, 2.24) is 5.32 Å². The van der Waals surface area contributed by atoms with Gasteiger partial charge in [0.05, 0.1) is 10.4 Å². The third-order valence-electron chi connectivity index (χ3n) is 2.32. The Hall–Kier alpha value is -0.290. The van der Waals surface area contributed by atoms with Crippen molar-refractivity contribution in [2.45, 2.75) is 12.5 Å². The van der Waals surface area contributed by atoms with Gasteiger partial charge in [-0.2, -0.15) is 0 Å². The van der Waals surface area contributed by atoms with Gasteiger partial charge in [-0.25, -0.2) is 0 Å². The third kappa shape index (κ3) is 2.88. The van der Waals surface area contributed by atoms with Gasteiger partial charge in [-0.05, 0) is 47.2 Å². The van der Waals surface area contributed by atoms with E-state index in [9.17, 15) is 0 Å². The van der Waals surface area contributed by atoms with E-state index in [0.717, 1.165) is 21.2 Å². The van der Waals surface area contributed by atoms with Crippen LogP contribution in [0.4, 0.5) is 0 Å². The number of rotatable bonds is 4. The van der Waals surface area contributed by atoms with Crippen molar-refractivity contribution in [2.75, 3.05) is 7.05 Å². The second kappa shape index (κ2) is 5.36. The summed E-state index contributed by atoms with van der Waals surface area (Å²) in [4.78, 5) is 1.25. The lowest BCUT2D eigenvalue weighted by molar-refractivity contribution is 0.418. The van der Waals surface area contributed by atoms with Gasteiger partial charge in [0.2, 0.25) is 0 Å². The van der Waals surface area contributed by atoms with Crippen molar-refractivity contribution >= 4 is 38.9 Å².